The molecule has 16 heavy (non-hydrogen) atoms. The van der Waals surface area contributed by atoms with Gasteiger partial charge in [0.1, 0.15) is 5.65 Å². The molecule has 86 valence electrons. The third kappa shape index (κ3) is 2.06. The Morgan fingerprint density at radius 2 is 2.19 bits per heavy atom. The van der Waals surface area contributed by atoms with Crippen molar-refractivity contribution in [3.8, 4) is 0 Å². The van der Waals surface area contributed by atoms with Gasteiger partial charge in [0, 0.05) is 18.9 Å². The molecule has 2 aromatic rings. The standard InChI is InChI=1S/C12H15N3.ClH/c1-13-6-11-8-15-7-10(9-2-3-9)4-5-12(15)14-11;/h4-5,7-9,13H,2-3,6H2,1H3;1H. The molecular weight excluding hydrogens is 222 g/mol. The number of pyridine rings is 1. The maximum atomic E-state index is 4.52. The summed E-state index contributed by atoms with van der Waals surface area (Å²) in [5.74, 6) is 0.810. The van der Waals surface area contributed by atoms with Crippen molar-refractivity contribution in [2.45, 2.75) is 25.3 Å². The zero-order chi connectivity index (χ0) is 10.3. The lowest BCUT2D eigenvalue weighted by Gasteiger charge is -1.98. The number of aromatic nitrogens is 2. The van der Waals surface area contributed by atoms with Crippen LogP contribution in [0.4, 0.5) is 0 Å². The summed E-state index contributed by atoms with van der Waals surface area (Å²) in [4.78, 5) is 4.52. The largest absolute Gasteiger partial charge is 0.314 e. The molecule has 0 aliphatic heterocycles. The van der Waals surface area contributed by atoms with E-state index in [2.05, 4.69) is 39.2 Å². The van der Waals surface area contributed by atoms with Crippen molar-refractivity contribution < 1.29 is 0 Å². The number of hydrogen-bond donors (Lipinski definition) is 1. The van der Waals surface area contributed by atoms with Crippen molar-refractivity contribution in [2.75, 3.05) is 7.05 Å². The number of halogens is 1. The fourth-order valence-corrected chi connectivity index (χ4v) is 1.99. The Morgan fingerprint density at radius 1 is 1.38 bits per heavy atom. The van der Waals surface area contributed by atoms with Crippen molar-refractivity contribution in [1.82, 2.24) is 14.7 Å². The predicted octanol–water partition coefficient (Wildman–Crippen LogP) is 2.35. The van der Waals surface area contributed by atoms with E-state index >= 15 is 0 Å². The van der Waals surface area contributed by atoms with Crippen molar-refractivity contribution >= 4 is 18.1 Å². The molecule has 1 saturated carbocycles. The monoisotopic (exact) mass is 237 g/mol. The van der Waals surface area contributed by atoms with Crippen LogP contribution in [-0.4, -0.2) is 16.4 Å². The fraction of sp³-hybridized carbons (Fsp3) is 0.417. The van der Waals surface area contributed by atoms with Crippen LogP contribution in [0.2, 0.25) is 0 Å². The van der Waals surface area contributed by atoms with E-state index in [1.165, 1.54) is 18.4 Å². The summed E-state index contributed by atoms with van der Waals surface area (Å²) < 4.78 is 2.14. The Labute approximate surface area is 101 Å². The van der Waals surface area contributed by atoms with Crippen LogP contribution in [0.3, 0.4) is 0 Å². The Bertz CT molecular complexity index is 488. The van der Waals surface area contributed by atoms with Crippen LogP contribution in [0.25, 0.3) is 5.65 Å². The molecule has 1 fully saturated rings. The SMILES string of the molecule is CNCc1cn2cc(C3CC3)ccc2n1.Cl. The normalized spacial score (nSPS) is 15.1. The average Bonchev–Trinajstić information content (AvgIpc) is 2.99. The molecule has 1 N–H and O–H groups in total. The van der Waals surface area contributed by atoms with Gasteiger partial charge >= 0.3 is 0 Å². The van der Waals surface area contributed by atoms with Crippen molar-refractivity contribution in [3.05, 3.63) is 35.8 Å². The molecule has 0 radical (unpaired) electrons. The van der Waals surface area contributed by atoms with Crippen LogP contribution < -0.4 is 5.32 Å². The highest BCUT2D eigenvalue weighted by Gasteiger charge is 2.23. The second kappa shape index (κ2) is 4.44. The van der Waals surface area contributed by atoms with Gasteiger partial charge in [-0.3, -0.25) is 0 Å². The molecule has 0 saturated heterocycles. The van der Waals surface area contributed by atoms with E-state index in [0.717, 1.165) is 23.8 Å². The summed E-state index contributed by atoms with van der Waals surface area (Å²) in [5.41, 5.74) is 3.60. The van der Waals surface area contributed by atoms with Crippen LogP contribution in [0.5, 0.6) is 0 Å². The Morgan fingerprint density at radius 3 is 2.88 bits per heavy atom. The van der Waals surface area contributed by atoms with Crippen LogP contribution in [0, 0.1) is 0 Å². The van der Waals surface area contributed by atoms with Gasteiger partial charge in [0.05, 0.1) is 5.69 Å². The van der Waals surface area contributed by atoms with Gasteiger partial charge in [0.15, 0.2) is 0 Å². The first-order valence-corrected chi connectivity index (χ1v) is 5.49. The van der Waals surface area contributed by atoms with Gasteiger partial charge in [-0.25, -0.2) is 4.98 Å². The van der Waals surface area contributed by atoms with Crippen LogP contribution >= 0.6 is 12.4 Å². The number of fused-ring (bicyclic) bond motifs is 1. The maximum Gasteiger partial charge on any atom is 0.137 e. The minimum Gasteiger partial charge on any atom is -0.314 e. The summed E-state index contributed by atoms with van der Waals surface area (Å²) >= 11 is 0. The summed E-state index contributed by atoms with van der Waals surface area (Å²) in [5, 5.41) is 3.12. The number of rotatable bonds is 3. The van der Waals surface area contributed by atoms with Gasteiger partial charge in [0.2, 0.25) is 0 Å². The van der Waals surface area contributed by atoms with Crippen LogP contribution in [0.15, 0.2) is 24.5 Å². The highest BCUT2D eigenvalue weighted by molar-refractivity contribution is 5.85. The first-order valence-electron chi connectivity index (χ1n) is 5.49. The maximum absolute atomic E-state index is 4.52. The minimum atomic E-state index is 0. The number of hydrogen-bond acceptors (Lipinski definition) is 2. The lowest BCUT2D eigenvalue weighted by atomic mass is 10.2. The van der Waals surface area contributed by atoms with E-state index in [9.17, 15) is 0 Å². The van der Waals surface area contributed by atoms with Crippen LogP contribution in [-0.2, 0) is 6.54 Å². The average molecular weight is 238 g/mol. The quantitative estimate of drug-likeness (QED) is 0.888. The van der Waals surface area contributed by atoms with Gasteiger partial charge in [0.25, 0.3) is 0 Å². The number of nitrogens with one attached hydrogen (secondary N) is 1. The van der Waals surface area contributed by atoms with Crippen molar-refractivity contribution in [1.29, 1.82) is 0 Å². The smallest absolute Gasteiger partial charge is 0.137 e. The molecule has 3 rings (SSSR count). The lowest BCUT2D eigenvalue weighted by molar-refractivity contribution is 0.798. The highest BCUT2D eigenvalue weighted by atomic mass is 35.5. The van der Waals surface area contributed by atoms with E-state index in [1.54, 1.807) is 0 Å². The Kier molecular flexibility index (Phi) is 3.17. The summed E-state index contributed by atoms with van der Waals surface area (Å²) in [6.45, 7) is 0.834. The number of nitrogens with zero attached hydrogens (tertiary/aromatic N) is 2. The third-order valence-electron chi connectivity index (χ3n) is 2.93. The predicted molar refractivity (Wildman–Crippen MR) is 67.2 cm³/mol. The zero-order valence-corrected chi connectivity index (χ0v) is 10.1. The topological polar surface area (TPSA) is 29.3 Å². The van der Waals surface area contributed by atoms with E-state index in [1.807, 2.05) is 7.05 Å². The highest BCUT2D eigenvalue weighted by Crippen LogP contribution is 2.39. The molecule has 0 spiro atoms. The summed E-state index contributed by atoms with van der Waals surface area (Å²) in [7, 11) is 1.94. The second-order valence-electron chi connectivity index (χ2n) is 4.26. The molecule has 2 aromatic heterocycles. The van der Waals surface area contributed by atoms with E-state index < -0.39 is 0 Å². The molecule has 3 nitrogen and oxygen atoms in total. The molecule has 1 aliphatic carbocycles. The van der Waals surface area contributed by atoms with Gasteiger partial charge in [-0.1, -0.05) is 6.07 Å². The Hall–Kier alpha value is -1.06. The van der Waals surface area contributed by atoms with Gasteiger partial charge in [-0.15, -0.1) is 12.4 Å². The lowest BCUT2D eigenvalue weighted by Crippen LogP contribution is -2.04. The van der Waals surface area contributed by atoms with E-state index in [0.29, 0.717) is 0 Å². The molecule has 0 aromatic carbocycles. The third-order valence-corrected chi connectivity index (χ3v) is 2.93. The van der Waals surface area contributed by atoms with Crippen molar-refractivity contribution in [3.63, 3.8) is 0 Å². The molecule has 1 aliphatic rings. The molecule has 0 bridgehead atoms. The van der Waals surface area contributed by atoms with E-state index in [4.69, 9.17) is 0 Å². The van der Waals surface area contributed by atoms with Crippen molar-refractivity contribution in [2.24, 2.45) is 0 Å². The second-order valence-corrected chi connectivity index (χ2v) is 4.26. The Balaban J connectivity index is 0.000000963. The van der Waals surface area contributed by atoms with Crippen LogP contribution in [0.1, 0.15) is 30.0 Å². The first kappa shape index (κ1) is 11.4. The van der Waals surface area contributed by atoms with Gasteiger partial charge < -0.3 is 9.72 Å². The molecular formula is C12H16ClN3. The summed E-state index contributed by atoms with van der Waals surface area (Å²) in [6, 6.07) is 4.33. The molecule has 4 heteroatoms. The minimum absolute atomic E-state index is 0. The fourth-order valence-electron chi connectivity index (χ4n) is 1.99. The molecule has 0 atom stereocenters. The molecule has 0 unspecified atom stereocenters. The first-order chi connectivity index (χ1) is 7.36. The van der Waals surface area contributed by atoms with Gasteiger partial charge in [-0.2, -0.15) is 0 Å². The van der Waals surface area contributed by atoms with E-state index in [-0.39, 0.29) is 12.4 Å². The zero-order valence-electron chi connectivity index (χ0n) is 9.31. The molecule has 2 heterocycles. The summed E-state index contributed by atoms with van der Waals surface area (Å²) in [6.07, 6.45) is 7.03. The molecule has 0 amide bonds. The number of imidazole rings is 1. The van der Waals surface area contributed by atoms with Gasteiger partial charge in [-0.05, 0) is 37.4 Å².